The van der Waals surface area contributed by atoms with Crippen LogP contribution >= 0.6 is 0 Å². The first-order valence-electron chi connectivity index (χ1n) is 6.18. The number of carbonyl (C=O) groups is 1. The fourth-order valence-corrected chi connectivity index (χ4v) is 2.40. The van der Waals surface area contributed by atoms with Gasteiger partial charge in [0.2, 0.25) is 0 Å². The molecule has 17 heavy (non-hydrogen) atoms. The van der Waals surface area contributed by atoms with Crippen molar-refractivity contribution in [1.29, 1.82) is 0 Å². The highest BCUT2D eigenvalue weighted by atomic mass is 16.4. The van der Waals surface area contributed by atoms with E-state index in [0.717, 1.165) is 31.5 Å². The summed E-state index contributed by atoms with van der Waals surface area (Å²) in [7, 11) is 0. The quantitative estimate of drug-likeness (QED) is 0.820. The lowest BCUT2D eigenvalue weighted by Gasteiger charge is -2.37. The molecule has 2 aliphatic rings. The number of aliphatic carboxylic acids is 1. The van der Waals surface area contributed by atoms with Crippen LogP contribution in [0.5, 0.6) is 0 Å². The highest BCUT2D eigenvalue weighted by Crippen LogP contribution is 2.42. The van der Waals surface area contributed by atoms with Gasteiger partial charge in [-0.2, -0.15) is 0 Å². The molecule has 0 unspecified atom stereocenters. The Bertz CT molecular complexity index is 434. The third-order valence-electron chi connectivity index (χ3n) is 3.99. The van der Waals surface area contributed by atoms with Gasteiger partial charge in [0.1, 0.15) is 0 Å². The molecule has 2 aliphatic carbocycles. The van der Waals surface area contributed by atoms with E-state index in [9.17, 15) is 9.90 Å². The van der Waals surface area contributed by atoms with Gasteiger partial charge in [0.15, 0.2) is 5.82 Å². The zero-order chi connectivity index (χ0) is 11.9. The maximum atomic E-state index is 11.3. The van der Waals surface area contributed by atoms with Crippen LogP contribution in [0.1, 0.15) is 37.9 Å². The number of carboxylic acid groups (broad SMARTS) is 1. The Morgan fingerprint density at radius 1 is 1.47 bits per heavy atom. The Hall–Kier alpha value is -1.46. The Kier molecular flexibility index (Phi) is 2.38. The van der Waals surface area contributed by atoms with Crippen molar-refractivity contribution in [3.05, 3.63) is 5.82 Å². The summed E-state index contributed by atoms with van der Waals surface area (Å²) in [4.78, 5) is 11.3. The molecular formula is C11H16N4O2. The molecule has 0 spiro atoms. The van der Waals surface area contributed by atoms with E-state index in [0.29, 0.717) is 12.5 Å². The molecule has 2 saturated carbocycles. The van der Waals surface area contributed by atoms with E-state index < -0.39 is 11.4 Å². The molecule has 92 valence electrons. The van der Waals surface area contributed by atoms with Crippen LogP contribution in [0.25, 0.3) is 0 Å². The third-order valence-corrected chi connectivity index (χ3v) is 3.99. The predicted octanol–water partition coefficient (Wildman–Crippen LogP) is 0.880. The summed E-state index contributed by atoms with van der Waals surface area (Å²) in [6.07, 6.45) is 5.86. The Morgan fingerprint density at radius 2 is 2.24 bits per heavy atom. The minimum Gasteiger partial charge on any atom is -0.481 e. The van der Waals surface area contributed by atoms with Crippen LogP contribution in [0.2, 0.25) is 0 Å². The second kappa shape index (κ2) is 3.78. The molecule has 0 bridgehead atoms. The zero-order valence-electron chi connectivity index (χ0n) is 9.67. The zero-order valence-corrected chi connectivity index (χ0v) is 9.67. The van der Waals surface area contributed by atoms with Crippen molar-refractivity contribution in [3.63, 3.8) is 0 Å². The number of tetrazole rings is 1. The normalized spacial score (nSPS) is 22.1. The minimum atomic E-state index is -0.711. The molecule has 2 fully saturated rings. The third kappa shape index (κ3) is 1.92. The summed E-state index contributed by atoms with van der Waals surface area (Å²) in [5, 5.41) is 20.9. The van der Waals surface area contributed by atoms with Crippen LogP contribution in [0.15, 0.2) is 0 Å². The second-order valence-corrected chi connectivity index (χ2v) is 5.34. The average molecular weight is 236 g/mol. The molecule has 0 amide bonds. The molecule has 0 aliphatic heterocycles. The molecule has 6 nitrogen and oxygen atoms in total. The van der Waals surface area contributed by atoms with Crippen LogP contribution in [0.4, 0.5) is 0 Å². The van der Waals surface area contributed by atoms with Gasteiger partial charge in [-0.25, -0.2) is 4.68 Å². The lowest BCUT2D eigenvalue weighted by atomic mass is 9.69. The fourth-order valence-electron chi connectivity index (χ4n) is 2.40. The summed E-state index contributed by atoms with van der Waals surface area (Å²) in [6, 6.07) is 0. The van der Waals surface area contributed by atoms with Crippen LogP contribution < -0.4 is 0 Å². The largest absolute Gasteiger partial charge is 0.481 e. The first kappa shape index (κ1) is 10.7. The summed E-state index contributed by atoms with van der Waals surface area (Å²) < 4.78 is 1.70. The van der Waals surface area contributed by atoms with Crippen molar-refractivity contribution in [3.8, 4) is 0 Å². The number of carboxylic acids is 1. The van der Waals surface area contributed by atoms with Gasteiger partial charge in [-0.05, 0) is 42.0 Å². The Balaban J connectivity index is 1.75. The molecule has 0 atom stereocenters. The summed E-state index contributed by atoms with van der Waals surface area (Å²) in [6.45, 7) is 0.428. The molecule has 6 heteroatoms. The number of hydrogen-bond acceptors (Lipinski definition) is 4. The van der Waals surface area contributed by atoms with Crippen LogP contribution in [-0.2, 0) is 17.8 Å². The number of aromatic nitrogens is 4. The molecule has 0 radical (unpaired) electrons. The molecule has 1 aromatic rings. The van der Waals surface area contributed by atoms with Gasteiger partial charge in [0, 0.05) is 6.42 Å². The molecular weight excluding hydrogens is 220 g/mol. The van der Waals surface area contributed by atoms with E-state index in [2.05, 4.69) is 15.5 Å². The summed E-state index contributed by atoms with van der Waals surface area (Å²) in [5.41, 5.74) is -0.617. The van der Waals surface area contributed by atoms with Gasteiger partial charge in [-0.3, -0.25) is 4.79 Å². The molecule has 1 aromatic heterocycles. The fraction of sp³-hybridized carbons (Fsp3) is 0.818. The number of nitrogens with zero attached hydrogens (tertiary/aromatic N) is 4. The Morgan fingerprint density at radius 3 is 2.76 bits per heavy atom. The Labute approximate surface area is 99.0 Å². The minimum absolute atomic E-state index is 0.428. The van der Waals surface area contributed by atoms with E-state index in [1.165, 1.54) is 12.8 Å². The topological polar surface area (TPSA) is 80.9 Å². The van der Waals surface area contributed by atoms with Crippen molar-refractivity contribution >= 4 is 5.97 Å². The molecule has 1 heterocycles. The van der Waals surface area contributed by atoms with E-state index in [-0.39, 0.29) is 0 Å². The standard InChI is InChI=1S/C11H16N4O2/c16-10(17)11(4-1-5-11)7-15-9(12-13-14-15)6-8-2-3-8/h8H,1-7H2,(H,16,17). The monoisotopic (exact) mass is 236 g/mol. The van der Waals surface area contributed by atoms with Gasteiger partial charge >= 0.3 is 5.97 Å². The first-order valence-corrected chi connectivity index (χ1v) is 6.18. The number of rotatable bonds is 5. The van der Waals surface area contributed by atoms with Crippen molar-refractivity contribution in [2.24, 2.45) is 11.3 Å². The summed E-state index contributed by atoms with van der Waals surface area (Å²) >= 11 is 0. The maximum absolute atomic E-state index is 11.3. The van der Waals surface area contributed by atoms with Crippen LogP contribution in [-0.4, -0.2) is 31.3 Å². The highest BCUT2D eigenvalue weighted by Gasteiger charge is 2.45. The molecule has 1 N–H and O–H groups in total. The predicted molar refractivity (Wildman–Crippen MR) is 58.2 cm³/mol. The van der Waals surface area contributed by atoms with E-state index in [1.54, 1.807) is 4.68 Å². The summed E-state index contributed by atoms with van der Waals surface area (Å²) in [5.74, 6) is 0.846. The van der Waals surface area contributed by atoms with Gasteiger partial charge < -0.3 is 5.11 Å². The second-order valence-electron chi connectivity index (χ2n) is 5.34. The van der Waals surface area contributed by atoms with Crippen molar-refractivity contribution < 1.29 is 9.90 Å². The SMILES string of the molecule is O=C(O)C1(Cn2nnnc2CC2CC2)CCC1. The van der Waals surface area contributed by atoms with Gasteiger partial charge in [0.05, 0.1) is 12.0 Å². The number of hydrogen-bond donors (Lipinski definition) is 1. The van der Waals surface area contributed by atoms with Gasteiger partial charge in [0.25, 0.3) is 0 Å². The van der Waals surface area contributed by atoms with Gasteiger partial charge in [-0.1, -0.05) is 6.42 Å². The highest BCUT2D eigenvalue weighted by molar-refractivity contribution is 5.75. The smallest absolute Gasteiger partial charge is 0.311 e. The van der Waals surface area contributed by atoms with E-state index in [1.807, 2.05) is 0 Å². The van der Waals surface area contributed by atoms with E-state index >= 15 is 0 Å². The van der Waals surface area contributed by atoms with Crippen molar-refractivity contribution in [2.45, 2.75) is 45.1 Å². The van der Waals surface area contributed by atoms with Crippen molar-refractivity contribution in [2.75, 3.05) is 0 Å². The van der Waals surface area contributed by atoms with Crippen LogP contribution in [0.3, 0.4) is 0 Å². The molecule has 0 aromatic carbocycles. The maximum Gasteiger partial charge on any atom is 0.311 e. The lowest BCUT2D eigenvalue weighted by Crippen LogP contribution is -2.42. The molecule has 3 rings (SSSR count). The van der Waals surface area contributed by atoms with Crippen molar-refractivity contribution in [1.82, 2.24) is 20.2 Å². The van der Waals surface area contributed by atoms with Gasteiger partial charge in [-0.15, -0.1) is 5.10 Å². The first-order chi connectivity index (χ1) is 8.20. The molecule has 0 saturated heterocycles. The average Bonchev–Trinajstić information content (AvgIpc) is 2.92. The lowest BCUT2D eigenvalue weighted by molar-refractivity contribution is -0.156. The van der Waals surface area contributed by atoms with E-state index in [4.69, 9.17) is 0 Å². The van der Waals surface area contributed by atoms with Crippen LogP contribution in [0, 0.1) is 11.3 Å².